The van der Waals surface area contributed by atoms with Gasteiger partial charge in [-0.3, -0.25) is 9.69 Å². The first-order valence-electron chi connectivity index (χ1n) is 7.86. The van der Waals surface area contributed by atoms with Crippen molar-refractivity contribution in [3.8, 4) is 5.75 Å². The van der Waals surface area contributed by atoms with Gasteiger partial charge >= 0.3 is 0 Å². The molecule has 0 amide bonds. The highest BCUT2D eigenvalue weighted by Crippen LogP contribution is 2.17. The number of likely N-dealkylation sites (tertiary alicyclic amines) is 1. The Balaban J connectivity index is 1.88. The standard InChI is InChI=1S/C17H26N2O2/c1-3-21-16-8-6-15(7-9-16)17(20)13-19-10-4-5-14(12-19)11-18-2/h6-9,14,18H,3-5,10-13H2,1-2H3. The zero-order valence-electron chi connectivity index (χ0n) is 13.1. The van der Waals surface area contributed by atoms with E-state index in [2.05, 4.69) is 10.2 Å². The fourth-order valence-electron chi connectivity index (χ4n) is 2.95. The number of hydrogen-bond acceptors (Lipinski definition) is 4. The van der Waals surface area contributed by atoms with E-state index in [0.717, 1.165) is 30.9 Å². The largest absolute Gasteiger partial charge is 0.494 e. The average Bonchev–Trinajstić information content (AvgIpc) is 2.49. The maximum atomic E-state index is 12.3. The lowest BCUT2D eigenvalue weighted by Crippen LogP contribution is -2.41. The number of Topliss-reactive ketones (excluding diaryl/α,β-unsaturated/α-hetero) is 1. The number of hydrogen-bond donors (Lipinski definition) is 1. The third-order valence-corrected chi connectivity index (χ3v) is 3.95. The van der Waals surface area contributed by atoms with E-state index in [4.69, 9.17) is 4.74 Å². The summed E-state index contributed by atoms with van der Waals surface area (Å²) in [5.74, 6) is 1.68. The van der Waals surface area contributed by atoms with E-state index in [1.165, 1.54) is 12.8 Å². The number of ether oxygens (including phenoxy) is 1. The molecule has 4 heteroatoms. The molecule has 116 valence electrons. The maximum Gasteiger partial charge on any atom is 0.176 e. The molecule has 1 saturated heterocycles. The van der Waals surface area contributed by atoms with E-state index >= 15 is 0 Å². The van der Waals surface area contributed by atoms with Crippen LogP contribution in [0.15, 0.2) is 24.3 Å². The lowest BCUT2D eigenvalue weighted by molar-refractivity contribution is 0.0886. The molecule has 0 radical (unpaired) electrons. The van der Waals surface area contributed by atoms with E-state index < -0.39 is 0 Å². The fraction of sp³-hybridized carbons (Fsp3) is 0.588. The van der Waals surface area contributed by atoms with Crippen molar-refractivity contribution in [2.24, 2.45) is 5.92 Å². The van der Waals surface area contributed by atoms with Gasteiger partial charge in [-0.1, -0.05) is 0 Å². The van der Waals surface area contributed by atoms with Crippen molar-refractivity contribution in [1.29, 1.82) is 0 Å². The summed E-state index contributed by atoms with van der Waals surface area (Å²) in [5, 5.41) is 3.24. The first-order valence-corrected chi connectivity index (χ1v) is 7.86. The zero-order valence-corrected chi connectivity index (χ0v) is 13.1. The maximum absolute atomic E-state index is 12.3. The Kier molecular flexibility index (Phi) is 6.21. The second-order valence-electron chi connectivity index (χ2n) is 5.68. The van der Waals surface area contributed by atoms with Gasteiger partial charge in [0.1, 0.15) is 5.75 Å². The molecule has 2 rings (SSSR count). The SMILES string of the molecule is CCOc1ccc(C(=O)CN2CCCC(CNC)C2)cc1. The molecule has 0 aromatic heterocycles. The fourth-order valence-corrected chi connectivity index (χ4v) is 2.95. The highest BCUT2D eigenvalue weighted by atomic mass is 16.5. The second kappa shape index (κ2) is 8.15. The molecule has 1 unspecified atom stereocenters. The molecule has 1 atom stereocenters. The highest BCUT2D eigenvalue weighted by molar-refractivity contribution is 5.97. The average molecular weight is 290 g/mol. The molecule has 1 fully saturated rings. The molecule has 0 saturated carbocycles. The summed E-state index contributed by atoms with van der Waals surface area (Å²) >= 11 is 0. The van der Waals surface area contributed by atoms with Crippen LogP contribution in [0.3, 0.4) is 0 Å². The number of rotatable bonds is 7. The Morgan fingerprint density at radius 1 is 1.38 bits per heavy atom. The molecule has 1 aromatic carbocycles. The van der Waals surface area contributed by atoms with Gasteiger partial charge in [0.05, 0.1) is 13.2 Å². The summed E-state index contributed by atoms with van der Waals surface area (Å²) in [6.45, 7) is 6.21. The summed E-state index contributed by atoms with van der Waals surface area (Å²) in [6.07, 6.45) is 2.44. The predicted molar refractivity (Wildman–Crippen MR) is 85.0 cm³/mol. The minimum absolute atomic E-state index is 0.197. The molecule has 0 aliphatic carbocycles. The predicted octanol–water partition coefficient (Wildman–Crippen LogP) is 2.20. The number of benzene rings is 1. The molecular formula is C17H26N2O2. The summed E-state index contributed by atoms with van der Waals surface area (Å²) in [4.78, 5) is 14.6. The van der Waals surface area contributed by atoms with Crippen molar-refractivity contribution in [2.75, 3.05) is 39.8 Å². The summed E-state index contributed by atoms with van der Waals surface area (Å²) in [6, 6.07) is 7.47. The van der Waals surface area contributed by atoms with Crippen LogP contribution in [0.2, 0.25) is 0 Å². The van der Waals surface area contributed by atoms with Crippen LogP contribution >= 0.6 is 0 Å². The molecule has 0 spiro atoms. The quantitative estimate of drug-likeness (QED) is 0.782. The van der Waals surface area contributed by atoms with Gasteiger partial charge in [-0.25, -0.2) is 0 Å². The minimum atomic E-state index is 0.197. The normalized spacial score (nSPS) is 19.4. The number of nitrogens with one attached hydrogen (secondary N) is 1. The van der Waals surface area contributed by atoms with Gasteiger partial charge < -0.3 is 10.1 Å². The molecule has 21 heavy (non-hydrogen) atoms. The molecule has 1 aliphatic rings. The van der Waals surface area contributed by atoms with Crippen molar-refractivity contribution in [2.45, 2.75) is 19.8 Å². The van der Waals surface area contributed by atoms with Crippen LogP contribution in [0.1, 0.15) is 30.1 Å². The molecule has 1 aliphatic heterocycles. The first kappa shape index (κ1) is 16.0. The summed E-state index contributed by atoms with van der Waals surface area (Å²) in [7, 11) is 1.99. The molecule has 1 heterocycles. The number of ketones is 1. The number of carbonyl (C=O) groups is 1. The molecule has 0 bridgehead atoms. The minimum Gasteiger partial charge on any atom is -0.494 e. The van der Waals surface area contributed by atoms with Crippen LogP contribution in [0.25, 0.3) is 0 Å². The van der Waals surface area contributed by atoms with Crippen LogP contribution in [-0.4, -0.2) is 50.5 Å². The Morgan fingerprint density at radius 2 is 2.14 bits per heavy atom. The van der Waals surface area contributed by atoms with Gasteiger partial charge in [-0.15, -0.1) is 0 Å². The van der Waals surface area contributed by atoms with Gasteiger partial charge in [0.15, 0.2) is 5.78 Å². The Hall–Kier alpha value is -1.39. The summed E-state index contributed by atoms with van der Waals surface area (Å²) in [5.41, 5.74) is 0.772. The van der Waals surface area contributed by atoms with Crippen molar-refractivity contribution in [3.63, 3.8) is 0 Å². The van der Waals surface area contributed by atoms with Crippen LogP contribution in [-0.2, 0) is 0 Å². The van der Waals surface area contributed by atoms with Gasteiger partial charge in [0.2, 0.25) is 0 Å². The van der Waals surface area contributed by atoms with E-state index in [1.807, 2.05) is 38.2 Å². The van der Waals surface area contributed by atoms with Crippen molar-refractivity contribution >= 4 is 5.78 Å². The Morgan fingerprint density at radius 3 is 2.81 bits per heavy atom. The molecular weight excluding hydrogens is 264 g/mol. The first-order chi connectivity index (χ1) is 10.2. The van der Waals surface area contributed by atoms with Gasteiger partial charge in [-0.05, 0) is 70.1 Å². The second-order valence-corrected chi connectivity index (χ2v) is 5.68. The van der Waals surface area contributed by atoms with E-state index in [1.54, 1.807) is 0 Å². The van der Waals surface area contributed by atoms with E-state index in [9.17, 15) is 4.79 Å². The van der Waals surface area contributed by atoms with Crippen LogP contribution in [0.4, 0.5) is 0 Å². The van der Waals surface area contributed by atoms with Crippen molar-refractivity contribution < 1.29 is 9.53 Å². The lowest BCUT2D eigenvalue weighted by atomic mass is 9.97. The van der Waals surface area contributed by atoms with Crippen LogP contribution < -0.4 is 10.1 Å². The highest BCUT2D eigenvalue weighted by Gasteiger charge is 2.21. The molecule has 1 N–H and O–H groups in total. The Bertz CT molecular complexity index is 443. The van der Waals surface area contributed by atoms with Crippen LogP contribution in [0.5, 0.6) is 5.75 Å². The number of piperidine rings is 1. The smallest absolute Gasteiger partial charge is 0.176 e. The topological polar surface area (TPSA) is 41.6 Å². The number of nitrogens with zero attached hydrogens (tertiary/aromatic N) is 1. The summed E-state index contributed by atoms with van der Waals surface area (Å²) < 4.78 is 5.40. The van der Waals surface area contributed by atoms with Crippen molar-refractivity contribution in [3.05, 3.63) is 29.8 Å². The molecule has 1 aromatic rings. The van der Waals surface area contributed by atoms with E-state index in [-0.39, 0.29) is 5.78 Å². The van der Waals surface area contributed by atoms with Gasteiger partial charge in [-0.2, -0.15) is 0 Å². The zero-order chi connectivity index (χ0) is 15.1. The Labute approximate surface area is 127 Å². The van der Waals surface area contributed by atoms with Gasteiger partial charge in [0, 0.05) is 12.1 Å². The van der Waals surface area contributed by atoms with E-state index in [0.29, 0.717) is 19.1 Å². The lowest BCUT2D eigenvalue weighted by Gasteiger charge is -2.32. The van der Waals surface area contributed by atoms with Gasteiger partial charge in [0.25, 0.3) is 0 Å². The number of carbonyl (C=O) groups excluding carboxylic acids is 1. The van der Waals surface area contributed by atoms with Crippen LogP contribution in [0, 0.1) is 5.92 Å². The third-order valence-electron chi connectivity index (χ3n) is 3.95. The monoisotopic (exact) mass is 290 g/mol. The third kappa shape index (κ3) is 4.83. The van der Waals surface area contributed by atoms with Crippen molar-refractivity contribution in [1.82, 2.24) is 10.2 Å². The molecule has 4 nitrogen and oxygen atoms in total.